The predicted molar refractivity (Wildman–Crippen MR) is 117 cm³/mol. The summed E-state index contributed by atoms with van der Waals surface area (Å²) < 4.78 is 36.3. The number of imidazole rings is 1. The lowest BCUT2D eigenvalue weighted by molar-refractivity contribution is 0.0947. The number of carbonyl (C=O) groups excluding carboxylic acids is 1. The number of sulfone groups is 1. The van der Waals surface area contributed by atoms with Crippen LogP contribution < -0.4 is 14.8 Å². The van der Waals surface area contributed by atoms with Crippen LogP contribution in [0.4, 0.5) is 0 Å². The van der Waals surface area contributed by atoms with Crippen molar-refractivity contribution in [3.63, 3.8) is 0 Å². The van der Waals surface area contributed by atoms with E-state index in [2.05, 4.69) is 15.3 Å². The molecule has 0 unspecified atom stereocenters. The van der Waals surface area contributed by atoms with Gasteiger partial charge in [0.1, 0.15) is 11.5 Å². The number of hydrogen-bond donors (Lipinski definition) is 1. The van der Waals surface area contributed by atoms with Gasteiger partial charge < -0.3 is 14.8 Å². The Balaban J connectivity index is 1.46. The van der Waals surface area contributed by atoms with Crippen molar-refractivity contribution in [2.45, 2.75) is 11.7 Å². The number of ether oxygens (including phenoxy) is 2. The number of methoxy groups -OCH3 is 1. The summed E-state index contributed by atoms with van der Waals surface area (Å²) in [4.78, 5) is 21.0. The number of carbonyl (C=O) groups is 1. The summed E-state index contributed by atoms with van der Waals surface area (Å²) in [5.41, 5.74) is 1.19. The first-order chi connectivity index (χ1) is 15.3. The molecule has 3 aromatic heterocycles. The van der Waals surface area contributed by atoms with Crippen LogP contribution in [-0.2, 0) is 16.4 Å². The summed E-state index contributed by atoms with van der Waals surface area (Å²) in [5.74, 6) is 1.17. The first kappa shape index (κ1) is 21.3. The molecule has 3 heterocycles. The first-order valence-corrected chi connectivity index (χ1v) is 11.5. The number of amides is 1. The molecule has 32 heavy (non-hydrogen) atoms. The van der Waals surface area contributed by atoms with E-state index in [1.807, 2.05) is 12.1 Å². The van der Waals surface area contributed by atoms with Gasteiger partial charge in [-0.1, -0.05) is 18.2 Å². The quantitative estimate of drug-likeness (QED) is 0.459. The predicted octanol–water partition coefficient (Wildman–Crippen LogP) is 2.86. The molecule has 1 N–H and O–H groups in total. The van der Waals surface area contributed by atoms with Crippen molar-refractivity contribution in [2.75, 3.05) is 13.4 Å². The summed E-state index contributed by atoms with van der Waals surface area (Å²) in [6.07, 6.45) is 4.20. The number of benzene rings is 1. The first-order valence-electron chi connectivity index (χ1n) is 9.57. The van der Waals surface area contributed by atoms with Gasteiger partial charge in [0.05, 0.1) is 12.6 Å². The van der Waals surface area contributed by atoms with E-state index in [1.165, 1.54) is 4.40 Å². The van der Waals surface area contributed by atoms with Crippen LogP contribution in [0.25, 0.3) is 5.52 Å². The molecule has 4 aromatic rings. The highest BCUT2D eigenvalue weighted by molar-refractivity contribution is 7.90. The molecule has 0 atom stereocenters. The van der Waals surface area contributed by atoms with Crippen LogP contribution in [0.5, 0.6) is 17.4 Å². The molecule has 0 saturated heterocycles. The fourth-order valence-corrected chi connectivity index (χ4v) is 3.84. The Morgan fingerprint density at radius 2 is 1.91 bits per heavy atom. The number of rotatable bonds is 7. The molecule has 0 spiro atoms. The smallest absolute Gasteiger partial charge is 0.272 e. The Bertz CT molecular complexity index is 1380. The van der Waals surface area contributed by atoms with E-state index in [1.54, 1.807) is 62.0 Å². The van der Waals surface area contributed by atoms with Crippen molar-refractivity contribution < 1.29 is 22.7 Å². The maximum absolute atomic E-state index is 12.7. The number of aromatic nitrogens is 3. The SMILES string of the molecule is COc1cccc(Oc2ccc(CNC(=O)c3nc(S(C)(=O)=O)n4ccccc34)cn2)c1. The molecule has 9 nitrogen and oxygen atoms in total. The van der Waals surface area contributed by atoms with Gasteiger partial charge in [-0.25, -0.2) is 18.4 Å². The van der Waals surface area contributed by atoms with E-state index in [9.17, 15) is 13.2 Å². The molecule has 0 fully saturated rings. The zero-order valence-electron chi connectivity index (χ0n) is 17.3. The van der Waals surface area contributed by atoms with Crippen LogP contribution in [0.1, 0.15) is 16.1 Å². The van der Waals surface area contributed by atoms with Crippen molar-refractivity contribution in [1.29, 1.82) is 0 Å². The maximum Gasteiger partial charge on any atom is 0.272 e. The van der Waals surface area contributed by atoms with E-state index in [-0.39, 0.29) is 17.4 Å². The fraction of sp³-hybridized carbons (Fsp3) is 0.136. The molecule has 4 rings (SSSR count). The Morgan fingerprint density at radius 3 is 2.62 bits per heavy atom. The minimum absolute atomic E-state index is 0.0389. The molecule has 1 amide bonds. The van der Waals surface area contributed by atoms with Gasteiger partial charge in [-0.3, -0.25) is 9.20 Å². The maximum atomic E-state index is 12.7. The highest BCUT2D eigenvalue weighted by atomic mass is 32.2. The summed E-state index contributed by atoms with van der Waals surface area (Å²) in [5, 5.41) is 2.57. The lowest BCUT2D eigenvalue weighted by Crippen LogP contribution is -2.23. The average molecular weight is 452 g/mol. The van der Waals surface area contributed by atoms with E-state index >= 15 is 0 Å². The molecule has 0 bridgehead atoms. The van der Waals surface area contributed by atoms with Gasteiger partial charge in [0, 0.05) is 37.3 Å². The number of nitrogens with zero attached hydrogens (tertiary/aromatic N) is 3. The summed E-state index contributed by atoms with van der Waals surface area (Å²) >= 11 is 0. The number of fused-ring (bicyclic) bond motifs is 1. The monoisotopic (exact) mass is 452 g/mol. The van der Waals surface area contributed by atoms with E-state index in [0.717, 1.165) is 11.8 Å². The summed E-state index contributed by atoms with van der Waals surface area (Å²) in [6, 6.07) is 15.7. The van der Waals surface area contributed by atoms with Gasteiger partial charge in [0.15, 0.2) is 5.69 Å². The van der Waals surface area contributed by atoms with E-state index in [4.69, 9.17) is 9.47 Å². The van der Waals surface area contributed by atoms with Crippen molar-refractivity contribution in [3.8, 4) is 17.4 Å². The van der Waals surface area contributed by atoms with Gasteiger partial charge >= 0.3 is 0 Å². The van der Waals surface area contributed by atoms with Gasteiger partial charge in [0.2, 0.25) is 20.9 Å². The topological polar surface area (TPSA) is 112 Å². The second-order valence-corrected chi connectivity index (χ2v) is 8.85. The number of nitrogens with one attached hydrogen (secondary N) is 1. The standard InChI is InChI=1S/C22H20N4O5S/c1-30-16-6-5-7-17(12-16)31-19-10-9-15(13-23-19)14-24-21(27)20-18-8-3-4-11-26(18)22(25-20)32(2,28)29/h3-13H,14H2,1-2H3,(H,24,27). The normalized spacial score (nSPS) is 11.3. The zero-order chi connectivity index (χ0) is 22.7. The lowest BCUT2D eigenvalue weighted by atomic mass is 10.2. The molecule has 10 heteroatoms. The van der Waals surface area contributed by atoms with Crippen LogP contribution in [-0.4, -0.2) is 42.1 Å². The van der Waals surface area contributed by atoms with Crippen molar-refractivity contribution in [3.05, 3.63) is 78.2 Å². The summed E-state index contributed by atoms with van der Waals surface area (Å²) in [7, 11) is -2.03. The second-order valence-electron chi connectivity index (χ2n) is 6.94. The molecule has 1 aromatic carbocycles. The Kier molecular flexibility index (Phi) is 5.78. The molecule has 0 aliphatic heterocycles. The van der Waals surface area contributed by atoms with Crippen molar-refractivity contribution in [2.24, 2.45) is 0 Å². The molecule has 0 saturated carbocycles. The molecular weight excluding hydrogens is 432 g/mol. The van der Waals surface area contributed by atoms with Crippen LogP contribution in [0.2, 0.25) is 0 Å². The third-order valence-corrected chi connectivity index (χ3v) is 5.53. The van der Waals surface area contributed by atoms with E-state index in [0.29, 0.717) is 22.9 Å². The molecule has 0 aliphatic rings. The van der Waals surface area contributed by atoms with Crippen LogP contribution >= 0.6 is 0 Å². The number of pyridine rings is 2. The molecule has 0 radical (unpaired) electrons. The average Bonchev–Trinajstić information content (AvgIpc) is 3.19. The van der Waals surface area contributed by atoms with Crippen LogP contribution in [0.15, 0.2) is 72.1 Å². The largest absolute Gasteiger partial charge is 0.497 e. The third-order valence-electron chi connectivity index (χ3n) is 4.58. The van der Waals surface area contributed by atoms with Gasteiger partial charge in [-0.15, -0.1) is 0 Å². The van der Waals surface area contributed by atoms with E-state index < -0.39 is 15.7 Å². The Hall–Kier alpha value is -3.92. The van der Waals surface area contributed by atoms with Crippen molar-refractivity contribution in [1.82, 2.24) is 19.7 Å². The third kappa shape index (κ3) is 4.54. The molecule has 164 valence electrons. The zero-order valence-corrected chi connectivity index (χ0v) is 18.2. The highest BCUT2D eigenvalue weighted by Crippen LogP contribution is 2.24. The Morgan fingerprint density at radius 1 is 1.09 bits per heavy atom. The molecular formula is C22H20N4O5S. The fourth-order valence-electron chi connectivity index (χ4n) is 3.07. The van der Waals surface area contributed by atoms with Crippen LogP contribution in [0.3, 0.4) is 0 Å². The number of hydrogen-bond acceptors (Lipinski definition) is 7. The second kappa shape index (κ2) is 8.67. The van der Waals surface area contributed by atoms with Gasteiger partial charge in [0.25, 0.3) is 5.91 Å². The van der Waals surface area contributed by atoms with Crippen LogP contribution in [0, 0.1) is 0 Å². The van der Waals surface area contributed by atoms with Crippen molar-refractivity contribution >= 4 is 21.3 Å². The summed E-state index contributed by atoms with van der Waals surface area (Å²) in [6.45, 7) is 0.186. The minimum atomic E-state index is -3.60. The van der Waals surface area contributed by atoms with Gasteiger partial charge in [-0.2, -0.15) is 0 Å². The Labute approximate surface area is 184 Å². The minimum Gasteiger partial charge on any atom is -0.497 e. The van der Waals surface area contributed by atoms with Gasteiger partial charge in [-0.05, 0) is 29.8 Å². The molecule has 0 aliphatic carbocycles. The lowest BCUT2D eigenvalue weighted by Gasteiger charge is -2.08. The highest BCUT2D eigenvalue weighted by Gasteiger charge is 2.22.